The van der Waals surface area contributed by atoms with Gasteiger partial charge in [-0.2, -0.15) is 0 Å². The highest BCUT2D eigenvalue weighted by Crippen LogP contribution is 2.28. The second kappa shape index (κ2) is 9.72. The van der Waals surface area contributed by atoms with Crippen molar-refractivity contribution in [3.05, 3.63) is 47.4 Å². The van der Waals surface area contributed by atoms with Gasteiger partial charge in [0.2, 0.25) is 0 Å². The van der Waals surface area contributed by atoms with Crippen molar-refractivity contribution in [1.82, 2.24) is 4.90 Å². The predicted octanol–water partition coefficient (Wildman–Crippen LogP) is 3.93. The molecule has 1 N–H and O–H groups in total. The minimum Gasteiger partial charge on any atom is -0.495 e. The van der Waals surface area contributed by atoms with Crippen LogP contribution in [0.15, 0.2) is 41.0 Å². The fourth-order valence-corrected chi connectivity index (χ4v) is 2.45. The van der Waals surface area contributed by atoms with Crippen LogP contribution in [-0.2, 0) is 16.1 Å². The van der Waals surface area contributed by atoms with Gasteiger partial charge in [-0.15, -0.1) is 0 Å². The van der Waals surface area contributed by atoms with E-state index in [4.69, 9.17) is 25.5 Å². The van der Waals surface area contributed by atoms with Gasteiger partial charge in [0.25, 0.3) is 0 Å². The molecule has 2 rings (SSSR count). The van der Waals surface area contributed by atoms with Crippen LogP contribution in [0.1, 0.15) is 19.1 Å². The normalized spacial score (nSPS) is 10.3. The van der Waals surface area contributed by atoms with Crippen molar-refractivity contribution in [3.63, 3.8) is 0 Å². The SMILES string of the molecule is CCOC(=O)CCN(Cc1ccco1)C(=O)Nc1cc(Cl)ccc1OC. The molecule has 0 saturated carbocycles. The molecule has 2 amide bonds. The lowest BCUT2D eigenvalue weighted by atomic mass is 10.3. The monoisotopic (exact) mass is 380 g/mol. The van der Waals surface area contributed by atoms with Crippen LogP contribution in [0.5, 0.6) is 5.75 Å². The number of methoxy groups -OCH3 is 1. The van der Waals surface area contributed by atoms with E-state index in [1.807, 2.05) is 0 Å². The number of anilines is 1. The molecule has 1 aromatic carbocycles. The average Bonchev–Trinajstić information content (AvgIpc) is 3.12. The number of ether oxygens (including phenoxy) is 2. The van der Waals surface area contributed by atoms with Crippen LogP contribution >= 0.6 is 11.6 Å². The van der Waals surface area contributed by atoms with E-state index in [2.05, 4.69) is 5.32 Å². The van der Waals surface area contributed by atoms with E-state index in [9.17, 15) is 9.59 Å². The molecule has 0 bridgehead atoms. The number of esters is 1. The number of benzene rings is 1. The number of carbonyl (C=O) groups is 2. The van der Waals surface area contributed by atoms with E-state index in [-0.39, 0.29) is 25.5 Å². The summed E-state index contributed by atoms with van der Waals surface area (Å²) in [6.07, 6.45) is 1.60. The van der Waals surface area contributed by atoms with Gasteiger partial charge in [-0.25, -0.2) is 4.79 Å². The van der Waals surface area contributed by atoms with Crippen LogP contribution in [0.2, 0.25) is 5.02 Å². The molecular weight excluding hydrogens is 360 g/mol. The molecule has 26 heavy (non-hydrogen) atoms. The van der Waals surface area contributed by atoms with Crippen LogP contribution < -0.4 is 10.1 Å². The molecule has 140 valence electrons. The Bertz CT molecular complexity index is 733. The van der Waals surface area contributed by atoms with Crippen molar-refractivity contribution >= 4 is 29.3 Å². The zero-order valence-electron chi connectivity index (χ0n) is 14.7. The first-order valence-electron chi connectivity index (χ1n) is 8.11. The van der Waals surface area contributed by atoms with Crippen molar-refractivity contribution in [2.24, 2.45) is 0 Å². The van der Waals surface area contributed by atoms with Gasteiger partial charge in [0, 0.05) is 11.6 Å². The largest absolute Gasteiger partial charge is 0.495 e. The summed E-state index contributed by atoms with van der Waals surface area (Å²) >= 11 is 5.99. The highest BCUT2D eigenvalue weighted by molar-refractivity contribution is 6.31. The molecule has 0 saturated heterocycles. The average molecular weight is 381 g/mol. The van der Waals surface area contributed by atoms with E-state index in [0.29, 0.717) is 28.8 Å². The zero-order chi connectivity index (χ0) is 18.9. The fourth-order valence-electron chi connectivity index (χ4n) is 2.27. The van der Waals surface area contributed by atoms with Gasteiger partial charge in [-0.1, -0.05) is 11.6 Å². The Kier molecular flexibility index (Phi) is 7.35. The number of urea groups is 1. The number of amides is 2. The van der Waals surface area contributed by atoms with Crippen molar-refractivity contribution < 1.29 is 23.5 Å². The number of nitrogens with one attached hydrogen (secondary N) is 1. The van der Waals surface area contributed by atoms with Crippen molar-refractivity contribution in [2.45, 2.75) is 19.9 Å². The predicted molar refractivity (Wildman–Crippen MR) is 97.4 cm³/mol. The highest BCUT2D eigenvalue weighted by Gasteiger charge is 2.19. The number of furan rings is 1. The molecule has 0 aliphatic carbocycles. The third-order valence-corrected chi connectivity index (χ3v) is 3.74. The standard InChI is InChI=1S/C18H21ClN2O5/c1-3-25-17(22)8-9-21(12-14-5-4-10-26-14)18(23)20-15-11-13(19)6-7-16(15)24-2/h4-7,10-11H,3,8-9,12H2,1-2H3,(H,20,23). The van der Waals surface area contributed by atoms with Gasteiger partial charge in [-0.3, -0.25) is 4.79 Å². The summed E-state index contributed by atoms with van der Waals surface area (Å²) in [6, 6.07) is 7.99. The minimum absolute atomic E-state index is 0.0780. The Morgan fingerprint density at radius 1 is 1.31 bits per heavy atom. The summed E-state index contributed by atoms with van der Waals surface area (Å²) in [5.74, 6) is 0.707. The molecule has 0 fully saturated rings. The van der Waals surface area contributed by atoms with Gasteiger partial charge < -0.3 is 24.1 Å². The molecule has 1 aromatic heterocycles. The lowest BCUT2D eigenvalue weighted by Crippen LogP contribution is -2.36. The lowest BCUT2D eigenvalue weighted by Gasteiger charge is -2.22. The zero-order valence-corrected chi connectivity index (χ0v) is 15.4. The number of nitrogens with zero attached hydrogens (tertiary/aromatic N) is 1. The van der Waals surface area contributed by atoms with E-state index < -0.39 is 6.03 Å². The first-order chi connectivity index (χ1) is 12.5. The van der Waals surface area contributed by atoms with Crippen molar-refractivity contribution in [3.8, 4) is 5.75 Å². The third kappa shape index (κ3) is 5.70. The Hall–Kier alpha value is -2.67. The summed E-state index contributed by atoms with van der Waals surface area (Å²) in [5, 5.41) is 3.22. The van der Waals surface area contributed by atoms with Gasteiger partial charge >= 0.3 is 12.0 Å². The number of rotatable bonds is 8. The van der Waals surface area contributed by atoms with Gasteiger partial charge in [0.15, 0.2) is 0 Å². The molecule has 0 atom stereocenters. The second-order valence-corrected chi connectivity index (χ2v) is 5.77. The van der Waals surface area contributed by atoms with Gasteiger partial charge in [-0.05, 0) is 37.3 Å². The smallest absolute Gasteiger partial charge is 0.322 e. The Labute approximate surface area is 156 Å². The summed E-state index contributed by atoms with van der Waals surface area (Å²) < 4.78 is 15.5. The van der Waals surface area contributed by atoms with Crippen molar-refractivity contribution in [1.29, 1.82) is 0 Å². The number of hydrogen-bond acceptors (Lipinski definition) is 5. The van der Waals surface area contributed by atoms with Gasteiger partial charge in [0.05, 0.1) is 38.6 Å². The number of hydrogen-bond donors (Lipinski definition) is 1. The molecule has 7 nitrogen and oxygen atoms in total. The lowest BCUT2D eigenvalue weighted by molar-refractivity contribution is -0.143. The van der Waals surface area contributed by atoms with E-state index in [0.717, 1.165) is 0 Å². The maximum atomic E-state index is 12.7. The number of halogens is 1. The maximum absolute atomic E-state index is 12.7. The molecule has 0 aliphatic rings. The van der Waals surface area contributed by atoms with Gasteiger partial charge in [0.1, 0.15) is 11.5 Å². The molecule has 8 heteroatoms. The second-order valence-electron chi connectivity index (χ2n) is 5.33. The third-order valence-electron chi connectivity index (χ3n) is 3.51. The molecule has 2 aromatic rings. The van der Waals surface area contributed by atoms with E-state index >= 15 is 0 Å². The number of carbonyl (C=O) groups excluding carboxylic acids is 2. The minimum atomic E-state index is -0.411. The highest BCUT2D eigenvalue weighted by atomic mass is 35.5. The summed E-state index contributed by atoms with van der Waals surface area (Å²) in [5.41, 5.74) is 0.436. The molecule has 0 unspecified atom stereocenters. The molecule has 0 radical (unpaired) electrons. The summed E-state index contributed by atoms with van der Waals surface area (Å²) in [7, 11) is 1.50. The van der Waals surface area contributed by atoms with E-state index in [1.54, 1.807) is 37.3 Å². The van der Waals surface area contributed by atoms with Crippen LogP contribution in [0.25, 0.3) is 0 Å². The van der Waals surface area contributed by atoms with E-state index in [1.165, 1.54) is 18.3 Å². The summed E-state index contributed by atoms with van der Waals surface area (Å²) in [4.78, 5) is 25.8. The maximum Gasteiger partial charge on any atom is 0.322 e. The van der Waals surface area contributed by atoms with Crippen LogP contribution in [0.4, 0.5) is 10.5 Å². The van der Waals surface area contributed by atoms with Crippen LogP contribution in [-0.4, -0.2) is 37.2 Å². The fraction of sp³-hybridized carbons (Fsp3) is 0.333. The summed E-state index contributed by atoms with van der Waals surface area (Å²) in [6.45, 7) is 2.41. The first-order valence-corrected chi connectivity index (χ1v) is 8.48. The quantitative estimate of drug-likeness (QED) is 0.702. The molecular formula is C18H21ClN2O5. The Morgan fingerprint density at radius 2 is 2.12 bits per heavy atom. The Morgan fingerprint density at radius 3 is 2.77 bits per heavy atom. The van der Waals surface area contributed by atoms with Crippen LogP contribution in [0.3, 0.4) is 0 Å². The molecule has 1 heterocycles. The Balaban J connectivity index is 2.11. The molecule has 0 aliphatic heterocycles. The topological polar surface area (TPSA) is 81.0 Å². The first kappa shape index (κ1) is 19.7. The van der Waals surface area contributed by atoms with Crippen LogP contribution in [0, 0.1) is 0 Å². The van der Waals surface area contributed by atoms with Crippen molar-refractivity contribution in [2.75, 3.05) is 25.6 Å². The molecule has 0 spiro atoms.